The van der Waals surface area contributed by atoms with Crippen LogP contribution >= 0.6 is 0 Å². The molecule has 1 aliphatic carbocycles. The lowest BCUT2D eigenvalue weighted by atomic mass is 9.87. The summed E-state index contributed by atoms with van der Waals surface area (Å²) >= 11 is 0. The Morgan fingerprint density at radius 3 is 3.04 bits per heavy atom. The molecule has 0 unspecified atom stereocenters. The summed E-state index contributed by atoms with van der Waals surface area (Å²) in [4.78, 5) is 0. The van der Waals surface area contributed by atoms with E-state index in [9.17, 15) is 0 Å². The number of aromatic nitrogens is 2. The average molecular weight is 355 g/mol. The summed E-state index contributed by atoms with van der Waals surface area (Å²) in [6, 6.07) is 9.13. The molecule has 26 heavy (non-hydrogen) atoms. The van der Waals surface area contributed by atoms with Crippen LogP contribution in [0.2, 0.25) is 0 Å². The third-order valence-corrected chi connectivity index (χ3v) is 5.87. The number of hydrogen-bond donors (Lipinski definition) is 1. The van der Waals surface area contributed by atoms with Crippen molar-refractivity contribution in [3.8, 4) is 5.75 Å². The van der Waals surface area contributed by atoms with Gasteiger partial charge in [0.2, 0.25) is 0 Å². The van der Waals surface area contributed by atoms with Crippen molar-refractivity contribution in [3.05, 3.63) is 47.3 Å². The SMILES string of the molecule is CCn1nccc1[C@@H]1OCC[C@H]1CN[C@H]1CCc2ccc(OC)cc2C1. The topological polar surface area (TPSA) is 48.3 Å². The quantitative estimate of drug-likeness (QED) is 0.865. The summed E-state index contributed by atoms with van der Waals surface area (Å²) in [6.45, 7) is 4.87. The zero-order valence-electron chi connectivity index (χ0n) is 15.8. The highest BCUT2D eigenvalue weighted by molar-refractivity contribution is 5.37. The van der Waals surface area contributed by atoms with E-state index in [1.54, 1.807) is 7.11 Å². The van der Waals surface area contributed by atoms with Gasteiger partial charge < -0.3 is 14.8 Å². The van der Waals surface area contributed by atoms with Crippen LogP contribution in [0.15, 0.2) is 30.5 Å². The Morgan fingerprint density at radius 1 is 1.27 bits per heavy atom. The maximum Gasteiger partial charge on any atom is 0.119 e. The van der Waals surface area contributed by atoms with E-state index in [0.29, 0.717) is 12.0 Å². The van der Waals surface area contributed by atoms with E-state index >= 15 is 0 Å². The normalized spacial score (nSPS) is 25.2. The molecular weight excluding hydrogens is 326 g/mol. The van der Waals surface area contributed by atoms with Crippen LogP contribution in [-0.4, -0.2) is 36.1 Å². The number of methoxy groups -OCH3 is 1. The zero-order valence-corrected chi connectivity index (χ0v) is 15.8. The van der Waals surface area contributed by atoms with Crippen LogP contribution in [0, 0.1) is 5.92 Å². The van der Waals surface area contributed by atoms with Gasteiger partial charge in [-0.1, -0.05) is 6.07 Å². The molecule has 1 aromatic carbocycles. The van der Waals surface area contributed by atoms with Gasteiger partial charge in [-0.3, -0.25) is 4.68 Å². The standard InChI is InChI=1S/C21H29N3O2/c1-3-24-20(8-10-23-24)21-16(9-11-26-21)14-22-18-6-4-15-5-7-19(25-2)13-17(15)12-18/h5,7-8,10,13,16,18,21-22H,3-4,6,9,11-12,14H2,1-2H3/t16-,18-,21+/m0/s1. The van der Waals surface area contributed by atoms with Crippen LogP contribution in [0.5, 0.6) is 5.75 Å². The number of ether oxygens (including phenoxy) is 2. The Hall–Kier alpha value is -1.85. The van der Waals surface area contributed by atoms with Crippen LogP contribution in [0.4, 0.5) is 0 Å². The number of nitrogens with zero attached hydrogens (tertiary/aromatic N) is 2. The minimum atomic E-state index is 0.168. The first kappa shape index (κ1) is 17.6. The van der Waals surface area contributed by atoms with Gasteiger partial charge in [-0.25, -0.2) is 0 Å². The highest BCUT2D eigenvalue weighted by Gasteiger charge is 2.32. The lowest BCUT2D eigenvalue weighted by Gasteiger charge is -2.28. The van der Waals surface area contributed by atoms with Gasteiger partial charge in [0.25, 0.3) is 0 Å². The Kier molecular flexibility index (Phi) is 5.27. The van der Waals surface area contributed by atoms with E-state index in [0.717, 1.165) is 44.7 Å². The molecule has 1 N–H and O–H groups in total. The van der Waals surface area contributed by atoms with Crippen molar-refractivity contribution in [2.24, 2.45) is 5.92 Å². The summed E-state index contributed by atoms with van der Waals surface area (Å²) in [7, 11) is 1.74. The van der Waals surface area contributed by atoms with Crippen LogP contribution in [0.1, 0.15) is 42.7 Å². The largest absolute Gasteiger partial charge is 0.497 e. The van der Waals surface area contributed by atoms with Gasteiger partial charge in [-0.15, -0.1) is 0 Å². The van der Waals surface area contributed by atoms with Crippen LogP contribution in [-0.2, 0) is 24.1 Å². The molecule has 1 aliphatic heterocycles. The fourth-order valence-electron chi connectivity index (χ4n) is 4.37. The zero-order chi connectivity index (χ0) is 17.9. The summed E-state index contributed by atoms with van der Waals surface area (Å²) in [5.74, 6) is 1.48. The first-order chi connectivity index (χ1) is 12.8. The molecule has 2 aromatic rings. The molecule has 2 heterocycles. The molecule has 1 fully saturated rings. The van der Waals surface area contributed by atoms with E-state index in [1.165, 1.54) is 23.2 Å². The predicted molar refractivity (Wildman–Crippen MR) is 102 cm³/mol. The minimum absolute atomic E-state index is 0.168. The molecule has 0 spiro atoms. The van der Waals surface area contributed by atoms with Crippen molar-refractivity contribution in [3.63, 3.8) is 0 Å². The number of aryl methyl sites for hydroxylation is 2. The van der Waals surface area contributed by atoms with Crippen LogP contribution in [0.3, 0.4) is 0 Å². The van der Waals surface area contributed by atoms with Crippen molar-refractivity contribution in [2.75, 3.05) is 20.3 Å². The van der Waals surface area contributed by atoms with E-state index in [-0.39, 0.29) is 6.10 Å². The lowest BCUT2D eigenvalue weighted by molar-refractivity contribution is 0.0822. The molecule has 3 atom stereocenters. The first-order valence-corrected chi connectivity index (χ1v) is 9.81. The van der Waals surface area contributed by atoms with Gasteiger partial charge in [-0.05, 0) is 61.9 Å². The Labute approximate surface area is 155 Å². The average Bonchev–Trinajstić information content (AvgIpc) is 3.33. The number of benzene rings is 1. The van der Waals surface area contributed by atoms with E-state index in [2.05, 4.69) is 46.3 Å². The number of hydrogen-bond acceptors (Lipinski definition) is 4. The second-order valence-electron chi connectivity index (χ2n) is 7.39. The summed E-state index contributed by atoms with van der Waals surface area (Å²) in [5, 5.41) is 8.23. The molecule has 1 aromatic heterocycles. The smallest absolute Gasteiger partial charge is 0.119 e. The van der Waals surface area contributed by atoms with Crippen LogP contribution < -0.4 is 10.1 Å². The molecule has 4 rings (SSSR count). The third-order valence-electron chi connectivity index (χ3n) is 5.87. The van der Waals surface area contributed by atoms with Crippen molar-refractivity contribution in [1.29, 1.82) is 0 Å². The summed E-state index contributed by atoms with van der Waals surface area (Å²) < 4.78 is 13.5. The van der Waals surface area contributed by atoms with Crippen molar-refractivity contribution >= 4 is 0 Å². The fraction of sp³-hybridized carbons (Fsp3) is 0.571. The predicted octanol–water partition coefficient (Wildman–Crippen LogP) is 3.14. The molecule has 0 amide bonds. The highest BCUT2D eigenvalue weighted by atomic mass is 16.5. The van der Waals surface area contributed by atoms with Crippen molar-refractivity contribution in [1.82, 2.24) is 15.1 Å². The molecule has 0 saturated carbocycles. The third kappa shape index (κ3) is 3.51. The summed E-state index contributed by atoms with van der Waals surface area (Å²) in [6.07, 6.45) is 6.59. The number of nitrogens with one attached hydrogen (secondary N) is 1. The Balaban J connectivity index is 1.38. The Bertz CT molecular complexity index is 743. The van der Waals surface area contributed by atoms with Crippen LogP contribution in [0.25, 0.3) is 0 Å². The molecule has 0 radical (unpaired) electrons. The monoisotopic (exact) mass is 355 g/mol. The van der Waals surface area contributed by atoms with Gasteiger partial charge in [0.05, 0.1) is 12.8 Å². The highest BCUT2D eigenvalue weighted by Crippen LogP contribution is 2.34. The molecule has 5 nitrogen and oxygen atoms in total. The van der Waals surface area contributed by atoms with Gasteiger partial charge in [0.1, 0.15) is 11.9 Å². The second-order valence-corrected chi connectivity index (χ2v) is 7.39. The minimum Gasteiger partial charge on any atom is -0.497 e. The maximum atomic E-state index is 6.06. The van der Waals surface area contributed by atoms with Gasteiger partial charge in [0.15, 0.2) is 0 Å². The van der Waals surface area contributed by atoms with Gasteiger partial charge in [0, 0.05) is 37.9 Å². The first-order valence-electron chi connectivity index (χ1n) is 9.81. The Morgan fingerprint density at radius 2 is 2.19 bits per heavy atom. The number of rotatable bonds is 6. The maximum absolute atomic E-state index is 6.06. The number of fused-ring (bicyclic) bond motifs is 1. The van der Waals surface area contributed by atoms with E-state index in [4.69, 9.17) is 9.47 Å². The van der Waals surface area contributed by atoms with E-state index in [1.807, 2.05) is 6.20 Å². The molecule has 140 valence electrons. The lowest BCUT2D eigenvalue weighted by Crippen LogP contribution is -2.38. The molecular formula is C21H29N3O2. The molecule has 2 aliphatic rings. The molecule has 0 bridgehead atoms. The molecule has 5 heteroatoms. The summed E-state index contributed by atoms with van der Waals surface area (Å²) in [5.41, 5.74) is 4.12. The van der Waals surface area contributed by atoms with Crippen molar-refractivity contribution in [2.45, 2.75) is 51.3 Å². The van der Waals surface area contributed by atoms with Crippen molar-refractivity contribution < 1.29 is 9.47 Å². The van der Waals surface area contributed by atoms with Gasteiger partial charge >= 0.3 is 0 Å². The van der Waals surface area contributed by atoms with Gasteiger partial charge in [-0.2, -0.15) is 5.10 Å². The van der Waals surface area contributed by atoms with E-state index < -0.39 is 0 Å². The fourth-order valence-corrected chi connectivity index (χ4v) is 4.37. The second kappa shape index (κ2) is 7.80. The molecule has 1 saturated heterocycles.